The van der Waals surface area contributed by atoms with Gasteiger partial charge in [0.25, 0.3) is 0 Å². The van der Waals surface area contributed by atoms with Crippen molar-refractivity contribution in [1.82, 2.24) is 19.7 Å². The lowest BCUT2D eigenvalue weighted by Gasteiger charge is -2.12. The summed E-state index contributed by atoms with van der Waals surface area (Å²) in [7, 11) is 0. The Morgan fingerprint density at radius 1 is 1.29 bits per heavy atom. The van der Waals surface area contributed by atoms with Gasteiger partial charge in [-0.3, -0.25) is 4.98 Å². The van der Waals surface area contributed by atoms with Gasteiger partial charge in [0.15, 0.2) is 0 Å². The first kappa shape index (κ1) is 13.8. The number of nitrogens with zero attached hydrogens (tertiary/aromatic N) is 3. The molecule has 0 fully saturated rings. The second-order valence-corrected chi connectivity index (χ2v) is 5.36. The predicted octanol–water partition coefficient (Wildman–Crippen LogP) is 2.93. The highest BCUT2D eigenvalue weighted by atomic mass is 15.0. The Morgan fingerprint density at radius 3 is 3.00 bits per heavy atom. The molecule has 0 spiro atoms. The van der Waals surface area contributed by atoms with Crippen LogP contribution in [-0.2, 0) is 6.42 Å². The SMILES string of the molecule is Cc1cnccc1CCN[C@@H](C)c1cn2ccccc2n1. The summed E-state index contributed by atoms with van der Waals surface area (Å²) >= 11 is 0. The summed E-state index contributed by atoms with van der Waals surface area (Å²) < 4.78 is 2.06. The van der Waals surface area contributed by atoms with Crippen LogP contribution in [0.25, 0.3) is 5.65 Å². The van der Waals surface area contributed by atoms with Gasteiger partial charge in [-0.05, 0) is 56.1 Å². The molecule has 0 unspecified atom stereocenters. The van der Waals surface area contributed by atoms with Crippen molar-refractivity contribution in [1.29, 1.82) is 0 Å². The lowest BCUT2D eigenvalue weighted by atomic mass is 10.1. The molecular weight excluding hydrogens is 260 g/mol. The highest BCUT2D eigenvalue weighted by Gasteiger charge is 2.09. The van der Waals surface area contributed by atoms with E-state index in [-0.39, 0.29) is 6.04 Å². The summed E-state index contributed by atoms with van der Waals surface area (Å²) in [6.45, 7) is 5.19. The van der Waals surface area contributed by atoms with E-state index in [1.165, 1.54) is 11.1 Å². The van der Waals surface area contributed by atoms with Crippen molar-refractivity contribution in [2.45, 2.75) is 26.3 Å². The van der Waals surface area contributed by atoms with Crippen LogP contribution in [0.15, 0.2) is 49.1 Å². The van der Waals surface area contributed by atoms with E-state index in [1.807, 2.05) is 36.8 Å². The van der Waals surface area contributed by atoms with Crippen LogP contribution in [0, 0.1) is 6.92 Å². The van der Waals surface area contributed by atoms with Crippen LogP contribution >= 0.6 is 0 Å². The lowest BCUT2D eigenvalue weighted by Crippen LogP contribution is -2.21. The van der Waals surface area contributed by atoms with Gasteiger partial charge in [-0.1, -0.05) is 6.07 Å². The maximum atomic E-state index is 4.65. The molecule has 4 nitrogen and oxygen atoms in total. The molecule has 0 aliphatic heterocycles. The molecule has 4 heteroatoms. The first-order valence-corrected chi connectivity index (χ1v) is 7.30. The maximum Gasteiger partial charge on any atom is 0.137 e. The number of hydrogen-bond donors (Lipinski definition) is 1. The summed E-state index contributed by atoms with van der Waals surface area (Å²) in [6, 6.07) is 8.38. The van der Waals surface area contributed by atoms with Gasteiger partial charge in [0.2, 0.25) is 0 Å². The molecule has 0 aliphatic carbocycles. The van der Waals surface area contributed by atoms with Gasteiger partial charge in [0.05, 0.1) is 5.69 Å². The standard InChI is InChI=1S/C17H20N4/c1-13-11-18-8-6-15(13)7-9-19-14(2)16-12-21-10-4-3-5-17(21)20-16/h3-6,8,10-12,14,19H,7,9H2,1-2H3/t14-/m0/s1. The molecular formula is C17H20N4. The Hall–Kier alpha value is -2.20. The van der Waals surface area contributed by atoms with Crippen LogP contribution in [-0.4, -0.2) is 20.9 Å². The summed E-state index contributed by atoms with van der Waals surface area (Å²) in [5.41, 5.74) is 4.66. The first-order valence-electron chi connectivity index (χ1n) is 7.30. The summed E-state index contributed by atoms with van der Waals surface area (Å²) in [5.74, 6) is 0. The first-order chi connectivity index (χ1) is 10.2. The van der Waals surface area contributed by atoms with Crippen molar-refractivity contribution in [3.8, 4) is 0 Å². The monoisotopic (exact) mass is 280 g/mol. The Labute approximate surface area is 124 Å². The third-order valence-electron chi connectivity index (χ3n) is 3.81. The van der Waals surface area contributed by atoms with E-state index in [2.05, 4.69) is 45.8 Å². The van der Waals surface area contributed by atoms with Crippen molar-refractivity contribution in [2.24, 2.45) is 0 Å². The Bertz CT molecular complexity index is 699. The zero-order valence-electron chi connectivity index (χ0n) is 12.5. The minimum atomic E-state index is 0.243. The van der Waals surface area contributed by atoms with Crippen molar-refractivity contribution in [3.63, 3.8) is 0 Å². The van der Waals surface area contributed by atoms with E-state index in [9.17, 15) is 0 Å². The number of rotatable bonds is 5. The molecule has 0 bridgehead atoms. The number of imidazole rings is 1. The molecule has 3 aromatic heterocycles. The van der Waals surface area contributed by atoms with E-state index in [1.54, 1.807) is 0 Å². The molecule has 0 saturated heterocycles. The zero-order valence-corrected chi connectivity index (χ0v) is 12.5. The fourth-order valence-electron chi connectivity index (χ4n) is 2.47. The molecule has 108 valence electrons. The van der Waals surface area contributed by atoms with Crippen LogP contribution in [0.2, 0.25) is 0 Å². The minimum absolute atomic E-state index is 0.243. The van der Waals surface area contributed by atoms with Gasteiger partial charge in [-0.15, -0.1) is 0 Å². The average molecular weight is 280 g/mol. The van der Waals surface area contributed by atoms with Crippen LogP contribution in [0.3, 0.4) is 0 Å². The van der Waals surface area contributed by atoms with Crippen molar-refractivity contribution in [3.05, 3.63) is 65.9 Å². The normalized spacial score (nSPS) is 12.7. The van der Waals surface area contributed by atoms with Crippen LogP contribution < -0.4 is 5.32 Å². The van der Waals surface area contributed by atoms with Crippen LogP contribution in [0.5, 0.6) is 0 Å². The molecule has 0 aromatic carbocycles. The zero-order chi connectivity index (χ0) is 14.7. The molecule has 0 saturated carbocycles. The highest BCUT2D eigenvalue weighted by Crippen LogP contribution is 2.13. The van der Waals surface area contributed by atoms with Gasteiger partial charge in [-0.2, -0.15) is 0 Å². The number of pyridine rings is 2. The number of fused-ring (bicyclic) bond motifs is 1. The lowest BCUT2D eigenvalue weighted by molar-refractivity contribution is 0.566. The molecule has 21 heavy (non-hydrogen) atoms. The van der Waals surface area contributed by atoms with Gasteiger partial charge in [0.1, 0.15) is 5.65 Å². The van der Waals surface area contributed by atoms with E-state index < -0.39 is 0 Å². The third-order valence-corrected chi connectivity index (χ3v) is 3.81. The summed E-state index contributed by atoms with van der Waals surface area (Å²) in [4.78, 5) is 8.77. The fourth-order valence-corrected chi connectivity index (χ4v) is 2.47. The molecule has 0 amide bonds. The Balaban J connectivity index is 1.61. The molecule has 0 radical (unpaired) electrons. The molecule has 0 aliphatic rings. The second-order valence-electron chi connectivity index (χ2n) is 5.36. The molecule has 3 heterocycles. The summed E-state index contributed by atoms with van der Waals surface area (Å²) in [5, 5.41) is 3.54. The predicted molar refractivity (Wildman–Crippen MR) is 84.3 cm³/mol. The average Bonchev–Trinajstić information content (AvgIpc) is 2.93. The van der Waals surface area contributed by atoms with E-state index in [0.717, 1.165) is 24.3 Å². The quantitative estimate of drug-likeness (QED) is 0.781. The van der Waals surface area contributed by atoms with Crippen LogP contribution in [0.1, 0.15) is 29.8 Å². The fraction of sp³-hybridized carbons (Fsp3) is 0.294. The third kappa shape index (κ3) is 3.11. The number of aromatic nitrogens is 3. The molecule has 3 rings (SSSR count). The Kier molecular flexibility index (Phi) is 3.97. The van der Waals surface area contributed by atoms with Gasteiger partial charge in [0, 0.05) is 30.8 Å². The van der Waals surface area contributed by atoms with E-state index >= 15 is 0 Å². The maximum absolute atomic E-state index is 4.65. The number of hydrogen-bond acceptors (Lipinski definition) is 3. The Morgan fingerprint density at radius 2 is 2.19 bits per heavy atom. The summed E-state index contributed by atoms with van der Waals surface area (Å²) in [6.07, 6.45) is 8.89. The highest BCUT2D eigenvalue weighted by molar-refractivity contribution is 5.39. The second kappa shape index (κ2) is 6.06. The van der Waals surface area contributed by atoms with Crippen molar-refractivity contribution >= 4 is 5.65 Å². The van der Waals surface area contributed by atoms with Gasteiger partial charge in [-0.25, -0.2) is 4.98 Å². The van der Waals surface area contributed by atoms with Crippen molar-refractivity contribution in [2.75, 3.05) is 6.54 Å². The van der Waals surface area contributed by atoms with Gasteiger partial charge < -0.3 is 9.72 Å². The largest absolute Gasteiger partial charge is 0.308 e. The molecule has 1 N–H and O–H groups in total. The van der Waals surface area contributed by atoms with E-state index in [4.69, 9.17) is 0 Å². The van der Waals surface area contributed by atoms with Gasteiger partial charge >= 0.3 is 0 Å². The number of nitrogens with one attached hydrogen (secondary N) is 1. The van der Waals surface area contributed by atoms with Crippen LogP contribution in [0.4, 0.5) is 0 Å². The molecule has 1 atom stereocenters. The van der Waals surface area contributed by atoms with Crippen molar-refractivity contribution < 1.29 is 0 Å². The smallest absolute Gasteiger partial charge is 0.137 e. The van der Waals surface area contributed by atoms with E-state index in [0.29, 0.717) is 0 Å². The number of aryl methyl sites for hydroxylation is 1. The topological polar surface area (TPSA) is 42.2 Å². The molecule has 3 aromatic rings. The minimum Gasteiger partial charge on any atom is -0.308 e.